The fourth-order valence-electron chi connectivity index (χ4n) is 3.60. The lowest BCUT2D eigenvalue weighted by Crippen LogP contribution is -2.32. The van der Waals surface area contributed by atoms with Crippen LogP contribution in [-0.2, 0) is 0 Å². The van der Waals surface area contributed by atoms with Crippen LogP contribution in [0.3, 0.4) is 0 Å². The Morgan fingerprint density at radius 3 is 2.55 bits per heavy atom. The average molecular weight is 301 g/mol. The zero-order valence-corrected chi connectivity index (χ0v) is 15.7. The van der Waals surface area contributed by atoms with E-state index in [0.29, 0.717) is 11.3 Å². The van der Waals surface area contributed by atoms with E-state index in [4.69, 9.17) is 0 Å². The van der Waals surface area contributed by atoms with Gasteiger partial charge in [-0.1, -0.05) is 89.0 Å². The third-order valence-corrected chi connectivity index (χ3v) is 5.18. The first-order chi connectivity index (χ1) is 10.4. The quantitative estimate of drug-likeness (QED) is 0.453. The van der Waals surface area contributed by atoms with Gasteiger partial charge in [0, 0.05) is 0 Å². The molecule has 0 saturated heterocycles. The van der Waals surface area contributed by atoms with Gasteiger partial charge in [-0.2, -0.15) is 0 Å². The predicted octanol–water partition coefficient (Wildman–Crippen LogP) is 7.25. The molecule has 0 N–H and O–H groups in total. The van der Waals surface area contributed by atoms with E-state index in [0.717, 1.165) is 12.3 Å². The third-order valence-electron chi connectivity index (χ3n) is 5.18. The summed E-state index contributed by atoms with van der Waals surface area (Å²) in [6.07, 6.45) is 20.2. The molecule has 22 heavy (non-hydrogen) atoms. The molecule has 124 valence electrons. The van der Waals surface area contributed by atoms with Crippen molar-refractivity contribution in [2.75, 3.05) is 0 Å². The molecule has 0 aromatic rings. The summed E-state index contributed by atoms with van der Waals surface area (Å²) in [5, 5.41) is 0. The first-order valence-electron chi connectivity index (χ1n) is 9.09. The minimum absolute atomic E-state index is 0.447. The highest BCUT2D eigenvalue weighted by Crippen LogP contribution is 2.44. The number of hydrogen-bond acceptors (Lipinski definition) is 0. The molecule has 0 radical (unpaired) electrons. The van der Waals surface area contributed by atoms with Gasteiger partial charge in [-0.25, -0.2) is 0 Å². The van der Waals surface area contributed by atoms with Crippen LogP contribution in [0.4, 0.5) is 0 Å². The van der Waals surface area contributed by atoms with Gasteiger partial charge in [-0.05, 0) is 49.5 Å². The van der Waals surface area contributed by atoms with Crippen LogP contribution < -0.4 is 0 Å². The van der Waals surface area contributed by atoms with Crippen molar-refractivity contribution < 1.29 is 0 Å². The van der Waals surface area contributed by atoms with Crippen molar-refractivity contribution in [2.45, 2.75) is 73.6 Å². The van der Waals surface area contributed by atoms with Gasteiger partial charge in [0.25, 0.3) is 0 Å². The molecular weight excluding hydrogens is 264 g/mol. The summed E-state index contributed by atoms with van der Waals surface area (Å²) in [6, 6.07) is 0. The van der Waals surface area contributed by atoms with E-state index in [2.05, 4.69) is 78.0 Å². The summed E-state index contributed by atoms with van der Waals surface area (Å²) in [5.74, 6) is 1.52. The van der Waals surface area contributed by atoms with Crippen LogP contribution in [0.25, 0.3) is 0 Å². The summed E-state index contributed by atoms with van der Waals surface area (Å²) >= 11 is 0. The van der Waals surface area contributed by atoms with Crippen molar-refractivity contribution >= 4 is 0 Å². The van der Waals surface area contributed by atoms with Crippen molar-refractivity contribution in [2.24, 2.45) is 17.3 Å². The highest BCUT2D eigenvalue weighted by Gasteiger charge is 2.34. The summed E-state index contributed by atoms with van der Waals surface area (Å²) in [7, 11) is 0. The molecule has 0 heteroatoms. The summed E-state index contributed by atoms with van der Waals surface area (Å²) in [6.45, 7) is 13.8. The highest BCUT2D eigenvalue weighted by atomic mass is 14.4. The number of rotatable bonds is 6. The van der Waals surface area contributed by atoms with E-state index >= 15 is 0 Å². The minimum Gasteiger partial charge on any atom is -0.0847 e. The van der Waals surface area contributed by atoms with Crippen LogP contribution in [0.5, 0.6) is 0 Å². The standard InChI is InChI=1S/C22H36/c1-7-11-20(14-9-12-18(3)8-2)15-16-21-19(4)13-10-17-22(21,5)6/h8-9,12,14-16,19,21H,7,10-11,13,17H2,1-6H3/b12-9+,16-15+,18-8+,20-14-. The van der Waals surface area contributed by atoms with Gasteiger partial charge in [0.1, 0.15) is 0 Å². The van der Waals surface area contributed by atoms with Crippen molar-refractivity contribution in [3.63, 3.8) is 0 Å². The molecule has 0 aromatic heterocycles. The molecule has 2 unspecified atom stereocenters. The highest BCUT2D eigenvalue weighted by molar-refractivity contribution is 5.28. The lowest BCUT2D eigenvalue weighted by Gasteiger charge is -2.41. The molecule has 1 aliphatic carbocycles. The van der Waals surface area contributed by atoms with Gasteiger partial charge < -0.3 is 0 Å². The summed E-state index contributed by atoms with van der Waals surface area (Å²) in [5.41, 5.74) is 3.22. The maximum absolute atomic E-state index is 2.50. The zero-order valence-electron chi connectivity index (χ0n) is 15.7. The first-order valence-corrected chi connectivity index (χ1v) is 9.09. The molecule has 1 aliphatic rings. The van der Waals surface area contributed by atoms with Crippen molar-refractivity contribution in [1.29, 1.82) is 0 Å². The maximum Gasteiger partial charge on any atom is -0.0153 e. The molecular formula is C22H36. The second kappa shape index (κ2) is 9.18. The molecule has 1 fully saturated rings. The second-order valence-corrected chi connectivity index (χ2v) is 7.63. The smallest absolute Gasteiger partial charge is 0.0153 e. The predicted molar refractivity (Wildman–Crippen MR) is 101 cm³/mol. The Kier molecular flexibility index (Phi) is 7.93. The topological polar surface area (TPSA) is 0 Å². The van der Waals surface area contributed by atoms with Crippen molar-refractivity contribution in [3.8, 4) is 0 Å². The Labute approximate surface area is 139 Å². The summed E-state index contributed by atoms with van der Waals surface area (Å²) in [4.78, 5) is 0. The Morgan fingerprint density at radius 1 is 1.23 bits per heavy atom. The van der Waals surface area contributed by atoms with Crippen LogP contribution in [0, 0.1) is 17.3 Å². The van der Waals surface area contributed by atoms with Gasteiger partial charge in [0.2, 0.25) is 0 Å². The lowest BCUT2D eigenvalue weighted by molar-refractivity contribution is 0.123. The molecule has 0 spiro atoms. The van der Waals surface area contributed by atoms with Crippen LogP contribution >= 0.6 is 0 Å². The summed E-state index contributed by atoms with van der Waals surface area (Å²) < 4.78 is 0. The lowest BCUT2D eigenvalue weighted by atomic mass is 9.64. The number of allylic oxidation sites excluding steroid dienone is 8. The van der Waals surface area contributed by atoms with Gasteiger partial charge in [0.15, 0.2) is 0 Å². The van der Waals surface area contributed by atoms with Crippen LogP contribution in [0.2, 0.25) is 0 Å². The van der Waals surface area contributed by atoms with Crippen LogP contribution in [0.1, 0.15) is 73.6 Å². The van der Waals surface area contributed by atoms with Gasteiger partial charge in [-0.3, -0.25) is 0 Å². The van der Waals surface area contributed by atoms with Gasteiger partial charge in [-0.15, -0.1) is 0 Å². The zero-order chi connectivity index (χ0) is 16.6. The molecule has 0 bridgehead atoms. The fourth-order valence-corrected chi connectivity index (χ4v) is 3.60. The van der Waals surface area contributed by atoms with E-state index < -0.39 is 0 Å². The molecule has 1 rings (SSSR count). The SMILES string of the molecule is C/C=C(C)/C=C/C=C(\C=C\C1C(C)CCCC1(C)C)CCC. The van der Waals surface area contributed by atoms with Crippen molar-refractivity contribution in [1.82, 2.24) is 0 Å². The van der Waals surface area contributed by atoms with Crippen LogP contribution in [-0.4, -0.2) is 0 Å². The van der Waals surface area contributed by atoms with E-state index in [1.807, 2.05) is 0 Å². The Morgan fingerprint density at radius 2 is 1.95 bits per heavy atom. The number of hydrogen-bond donors (Lipinski definition) is 0. The minimum atomic E-state index is 0.447. The van der Waals surface area contributed by atoms with Gasteiger partial charge in [0.05, 0.1) is 0 Å². The Bertz CT molecular complexity index is 443. The molecule has 0 heterocycles. The van der Waals surface area contributed by atoms with Gasteiger partial charge >= 0.3 is 0 Å². The first kappa shape index (κ1) is 19.0. The Balaban J connectivity index is 2.84. The van der Waals surface area contributed by atoms with Crippen molar-refractivity contribution in [3.05, 3.63) is 47.6 Å². The Hall–Kier alpha value is -1.04. The largest absolute Gasteiger partial charge is 0.0847 e. The molecule has 2 atom stereocenters. The van der Waals surface area contributed by atoms with E-state index in [1.54, 1.807) is 0 Å². The van der Waals surface area contributed by atoms with E-state index in [-0.39, 0.29) is 0 Å². The normalized spacial score (nSPS) is 27.0. The average Bonchev–Trinajstić information content (AvgIpc) is 2.45. The second-order valence-electron chi connectivity index (χ2n) is 7.63. The molecule has 0 aliphatic heterocycles. The fraction of sp³-hybridized carbons (Fsp3) is 0.636. The van der Waals surface area contributed by atoms with E-state index in [1.165, 1.54) is 36.8 Å². The molecule has 1 saturated carbocycles. The monoisotopic (exact) mass is 300 g/mol. The molecule has 0 aromatic carbocycles. The maximum atomic E-state index is 2.50. The molecule has 0 nitrogen and oxygen atoms in total. The van der Waals surface area contributed by atoms with Crippen LogP contribution in [0.15, 0.2) is 47.6 Å². The third kappa shape index (κ3) is 5.99. The molecule has 0 amide bonds. The van der Waals surface area contributed by atoms with E-state index in [9.17, 15) is 0 Å².